The monoisotopic (exact) mass is 252 g/mol. The van der Waals surface area contributed by atoms with Gasteiger partial charge in [0.15, 0.2) is 0 Å². The SMILES string of the molecule is CCC1NC(=O)C(C)(C)N(CC2CCCC2)C1=O. The molecule has 4 heteroatoms. The van der Waals surface area contributed by atoms with Gasteiger partial charge in [-0.2, -0.15) is 0 Å². The van der Waals surface area contributed by atoms with Crippen LogP contribution in [-0.4, -0.2) is 34.8 Å². The van der Waals surface area contributed by atoms with Crippen molar-refractivity contribution in [2.24, 2.45) is 5.92 Å². The molecule has 2 amide bonds. The van der Waals surface area contributed by atoms with E-state index in [4.69, 9.17) is 0 Å². The van der Waals surface area contributed by atoms with Crippen LogP contribution in [0.5, 0.6) is 0 Å². The first-order valence-corrected chi connectivity index (χ1v) is 7.09. The molecule has 4 nitrogen and oxygen atoms in total. The summed E-state index contributed by atoms with van der Waals surface area (Å²) in [7, 11) is 0. The molecule has 18 heavy (non-hydrogen) atoms. The molecule has 1 aliphatic heterocycles. The topological polar surface area (TPSA) is 49.4 Å². The maximum absolute atomic E-state index is 12.4. The van der Waals surface area contributed by atoms with Gasteiger partial charge in [-0.05, 0) is 39.0 Å². The van der Waals surface area contributed by atoms with Crippen LogP contribution in [0, 0.1) is 5.92 Å². The van der Waals surface area contributed by atoms with E-state index in [0.29, 0.717) is 12.3 Å². The minimum absolute atomic E-state index is 0.0213. The number of piperazine rings is 1. The quantitative estimate of drug-likeness (QED) is 0.831. The largest absolute Gasteiger partial charge is 0.342 e. The van der Waals surface area contributed by atoms with Gasteiger partial charge in [0.2, 0.25) is 11.8 Å². The maximum Gasteiger partial charge on any atom is 0.246 e. The molecule has 1 saturated heterocycles. The number of hydrogen-bond donors (Lipinski definition) is 1. The molecule has 0 aromatic rings. The number of carbonyl (C=O) groups excluding carboxylic acids is 2. The molecule has 1 saturated carbocycles. The second-order valence-corrected chi connectivity index (χ2v) is 6.09. The number of hydrogen-bond acceptors (Lipinski definition) is 2. The van der Waals surface area contributed by atoms with Crippen molar-refractivity contribution in [2.75, 3.05) is 6.54 Å². The van der Waals surface area contributed by atoms with Crippen LogP contribution in [0.3, 0.4) is 0 Å². The van der Waals surface area contributed by atoms with Gasteiger partial charge in [-0.1, -0.05) is 19.8 Å². The van der Waals surface area contributed by atoms with Crippen molar-refractivity contribution < 1.29 is 9.59 Å². The van der Waals surface area contributed by atoms with Gasteiger partial charge < -0.3 is 10.2 Å². The second-order valence-electron chi connectivity index (χ2n) is 6.09. The highest BCUT2D eigenvalue weighted by atomic mass is 16.2. The van der Waals surface area contributed by atoms with E-state index in [0.717, 1.165) is 6.54 Å². The van der Waals surface area contributed by atoms with Crippen molar-refractivity contribution in [2.45, 2.75) is 64.5 Å². The second kappa shape index (κ2) is 4.90. The molecule has 0 aromatic carbocycles. The molecule has 0 aromatic heterocycles. The summed E-state index contributed by atoms with van der Waals surface area (Å²) < 4.78 is 0. The van der Waals surface area contributed by atoms with Crippen LogP contribution in [0.1, 0.15) is 52.9 Å². The van der Waals surface area contributed by atoms with Gasteiger partial charge in [-0.25, -0.2) is 0 Å². The van der Waals surface area contributed by atoms with E-state index >= 15 is 0 Å². The summed E-state index contributed by atoms with van der Waals surface area (Å²) in [6, 6.07) is -0.327. The number of nitrogens with zero attached hydrogens (tertiary/aromatic N) is 1. The molecule has 1 heterocycles. The van der Waals surface area contributed by atoms with Gasteiger partial charge in [0.05, 0.1) is 0 Å². The Labute approximate surface area is 109 Å². The van der Waals surface area contributed by atoms with Gasteiger partial charge in [0.25, 0.3) is 0 Å². The Morgan fingerprint density at radius 3 is 2.44 bits per heavy atom. The zero-order valence-electron chi connectivity index (χ0n) is 11.7. The summed E-state index contributed by atoms with van der Waals surface area (Å²) in [5.74, 6) is 0.651. The van der Waals surface area contributed by atoms with Gasteiger partial charge in [0, 0.05) is 6.54 Å². The molecule has 1 aliphatic carbocycles. The highest BCUT2D eigenvalue weighted by Crippen LogP contribution is 2.30. The summed E-state index contributed by atoms with van der Waals surface area (Å²) in [4.78, 5) is 26.3. The fourth-order valence-corrected chi connectivity index (χ4v) is 3.03. The van der Waals surface area contributed by atoms with Gasteiger partial charge >= 0.3 is 0 Å². The van der Waals surface area contributed by atoms with Crippen molar-refractivity contribution in [3.8, 4) is 0 Å². The maximum atomic E-state index is 12.4. The van der Waals surface area contributed by atoms with E-state index in [-0.39, 0.29) is 17.9 Å². The fraction of sp³-hybridized carbons (Fsp3) is 0.857. The van der Waals surface area contributed by atoms with Crippen LogP contribution in [0.4, 0.5) is 0 Å². The first-order chi connectivity index (χ1) is 8.46. The molecular formula is C14H24N2O2. The predicted molar refractivity (Wildman–Crippen MR) is 70.0 cm³/mol. The third-order valence-electron chi connectivity index (χ3n) is 4.42. The standard InChI is InChI=1S/C14H24N2O2/c1-4-11-12(17)16(9-10-7-5-6-8-10)14(2,3)13(18)15-11/h10-11H,4-9H2,1-3H3,(H,15,18). The molecule has 0 radical (unpaired) electrons. The van der Waals surface area contributed by atoms with E-state index < -0.39 is 5.54 Å². The molecule has 2 fully saturated rings. The van der Waals surface area contributed by atoms with Crippen LogP contribution in [0.2, 0.25) is 0 Å². The summed E-state index contributed by atoms with van der Waals surface area (Å²) in [6.07, 6.45) is 5.57. The molecule has 102 valence electrons. The number of amides is 2. The van der Waals surface area contributed by atoms with Gasteiger partial charge in [-0.15, -0.1) is 0 Å². The highest BCUT2D eigenvalue weighted by Gasteiger charge is 2.46. The normalized spacial score (nSPS) is 28.6. The van der Waals surface area contributed by atoms with Gasteiger partial charge in [0.1, 0.15) is 11.6 Å². The molecule has 1 unspecified atom stereocenters. The average molecular weight is 252 g/mol. The van der Waals surface area contributed by atoms with Crippen LogP contribution in [0.15, 0.2) is 0 Å². The summed E-state index contributed by atoms with van der Waals surface area (Å²) in [5.41, 5.74) is -0.703. The smallest absolute Gasteiger partial charge is 0.246 e. The molecular weight excluding hydrogens is 228 g/mol. The van der Waals surface area contributed by atoms with E-state index in [1.165, 1.54) is 25.7 Å². The lowest BCUT2D eigenvalue weighted by Gasteiger charge is -2.45. The first-order valence-electron chi connectivity index (χ1n) is 7.09. The van der Waals surface area contributed by atoms with Crippen LogP contribution >= 0.6 is 0 Å². The van der Waals surface area contributed by atoms with Crippen molar-refractivity contribution >= 4 is 11.8 Å². The molecule has 1 N–H and O–H groups in total. The Morgan fingerprint density at radius 2 is 1.89 bits per heavy atom. The van der Waals surface area contributed by atoms with E-state index in [1.807, 2.05) is 25.7 Å². The van der Waals surface area contributed by atoms with Crippen LogP contribution in [0.25, 0.3) is 0 Å². The minimum atomic E-state index is -0.703. The molecule has 0 spiro atoms. The molecule has 1 atom stereocenters. The summed E-state index contributed by atoms with van der Waals surface area (Å²) >= 11 is 0. The Hall–Kier alpha value is -1.06. The van der Waals surface area contributed by atoms with E-state index in [1.54, 1.807) is 0 Å². The lowest BCUT2D eigenvalue weighted by Crippen LogP contribution is -2.68. The zero-order chi connectivity index (χ0) is 13.3. The lowest BCUT2D eigenvalue weighted by atomic mass is 9.92. The van der Waals surface area contributed by atoms with Gasteiger partial charge in [-0.3, -0.25) is 9.59 Å². The molecule has 0 bridgehead atoms. The predicted octanol–water partition coefficient (Wildman–Crippen LogP) is 1.69. The van der Waals surface area contributed by atoms with Crippen molar-refractivity contribution in [3.63, 3.8) is 0 Å². The number of carbonyl (C=O) groups is 2. The summed E-state index contributed by atoms with van der Waals surface area (Å²) in [6.45, 7) is 6.38. The van der Waals surface area contributed by atoms with Crippen molar-refractivity contribution in [3.05, 3.63) is 0 Å². The zero-order valence-corrected chi connectivity index (χ0v) is 11.7. The minimum Gasteiger partial charge on any atom is -0.342 e. The Kier molecular flexibility index (Phi) is 3.64. The first kappa shape index (κ1) is 13.4. The molecule has 2 aliphatic rings. The number of rotatable bonds is 3. The highest BCUT2D eigenvalue weighted by molar-refractivity contribution is 5.99. The fourth-order valence-electron chi connectivity index (χ4n) is 3.03. The Bertz CT molecular complexity index is 346. The van der Waals surface area contributed by atoms with E-state index in [2.05, 4.69) is 5.32 Å². The third-order valence-corrected chi connectivity index (χ3v) is 4.42. The average Bonchev–Trinajstić information content (AvgIpc) is 2.82. The summed E-state index contributed by atoms with van der Waals surface area (Å²) in [5, 5.41) is 2.83. The van der Waals surface area contributed by atoms with Crippen LogP contribution < -0.4 is 5.32 Å². The Morgan fingerprint density at radius 1 is 1.28 bits per heavy atom. The lowest BCUT2D eigenvalue weighted by molar-refractivity contribution is -0.156. The molecule has 2 rings (SSSR count). The number of nitrogens with one attached hydrogen (secondary N) is 1. The van der Waals surface area contributed by atoms with Crippen molar-refractivity contribution in [1.82, 2.24) is 10.2 Å². The van der Waals surface area contributed by atoms with Crippen LogP contribution in [-0.2, 0) is 9.59 Å². The third kappa shape index (κ3) is 2.25. The Balaban J connectivity index is 2.15. The van der Waals surface area contributed by atoms with E-state index in [9.17, 15) is 9.59 Å². The van der Waals surface area contributed by atoms with Crippen molar-refractivity contribution in [1.29, 1.82) is 0 Å².